The van der Waals surface area contributed by atoms with Crippen molar-refractivity contribution in [2.45, 2.75) is 12.1 Å². The molecule has 25 heavy (non-hydrogen) atoms. The summed E-state index contributed by atoms with van der Waals surface area (Å²) in [5.74, 6) is -0.518. The third kappa shape index (κ3) is 4.05. The SMILES string of the molecule is O=C(CN1C(=O)S/C(=C\c2ccccc2F)C1=O)N[C@@H]1CSC[C@H]1O. The average molecular weight is 382 g/mol. The molecule has 2 fully saturated rings. The fourth-order valence-corrected chi connectivity index (χ4v) is 4.45. The summed E-state index contributed by atoms with van der Waals surface area (Å²) in [6.07, 6.45) is 0.667. The summed E-state index contributed by atoms with van der Waals surface area (Å²) in [5.41, 5.74) is 0.198. The first-order chi connectivity index (χ1) is 12.0. The van der Waals surface area contributed by atoms with Gasteiger partial charge in [0.25, 0.3) is 11.1 Å². The second-order valence-electron chi connectivity index (χ2n) is 5.57. The van der Waals surface area contributed by atoms with Crippen LogP contribution < -0.4 is 5.32 Å². The highest BCUT2D eigenvalue weighted by molar-refractivity contribution is 8.18. The van der Waals surface area contributed by atoms with Crippen molar-refractivity contribution in [1.29, 1.82) is 0 Å². The number of nitrogens with one attached hydrogen (secondary N) is 1. The van der Waals surface area contributed by atoms with Crippen LogP contribution in [0.3, 0.4) is 0 Å². The maximum Gasteiger partial charge on any atom is 0.294 e. The van der Waals surface area contributed by atoms with E-state index in [1.165, 1.54) is 36.0 Å². The van der Waals surface area contributed by atoms with E-state index in [2.05, 4.69) is 5.32 Å². The fourth-order valence-electron chi connectivity index (χ4n) is 2.45. The Bertz CT molecular complexity index is 755. The predicted molar refractivity (Wildman–Crippen MR) is 94.3 cm³/mol. The third-order valence-corrected chi connectivity index (χ3v) is 5.84. The van der Waals surface area contributed by atoms with E-state index in [1.807, 2.05) is 0 Å². The number of thioether (sulfide) groups is 2. The van der Waals surface area contributed by atoms with Gasteiger partial charge < -0.3 is 10.4 Å². The highest BCUT2D eigenvalue weighted by atomic mass is 32.2. The van der Waals surface area contributed by atoms with Gasteiger partial charge in [-0.15, -0.1) is 0 Å². The minimum Gasteiger partial charge on any atom is -0.390 e. The number of amides is 3. The van der Waals surface area contributed by atoms with Crippen molar-refractivity contribution in [2.75, 3.05) is 18.1 Å². The Morgan fingerprint density at radius 3 is 2.80 bits per heavy atom. The lowest BCUT2D eigenvalue weighted by Crippen LogP contribution is -2.47. The van der Waals surface area contributed by atoms with E-state index in [4.69, 9.17) is 0 Å². The maximum atomic E-state index is 13.7. The number of aliphatic hydroxyl groups excluding tert-OH is 1. The van der Waals surface area contributed by atoms with E-state index in [0.717, 1.165) is 4.90 Å². The van der Waals surface area contributed by atoms with Gasteiger partial charge in [0.2, 0.25) is 5.91 Å². The summed E-state index contributed by atoms with van der Waals surface area (Å²) in [5, 5.41) is 11.7. The summed E-state index contributed by atoms with van der Waals surface area (Å²) < 4.78 is 13.7. The van der Waals surface area contributed by atoms with Crippen LogP contribution in [0.5, 0.6) is 0 Å². The van der Waals surface area contributed by atoms with Crippen molar-refractivity contribution in [1.82, 2.24) is 10.2 Å². The number of halogens is 1. The Morgan fingerprint density at radius 2 is 2.12 bits per heavy atom. The molecule has 0 aromatic heterocycles. The topological polar surface area (TPSA) is 86.7 Å². The average Bonchev–Trinajstić information content (AvgIpc) is 3.08. The van der Waals surface area contributed by atoms with Gasteiger partial charge >= 0.3 is 0 Å². The van der Waals surface area contributed by atoms with Gasteiger partial charge in [0, 0.05) is 17.1 Å². The maximum absolute atomic E-state index is 13.7. The molecule has 6 nitrogen and oxygen atoms in total. The molecule has 0 radical (unpaired) electrons. The van der Waals surface area contributed by atoms with Crippen molar-refractivity contribution >= 4 is 46.7 Å². The number of carbonyl (C=O) groups is 3. The highest BCUT2D eigenvalue weighted by Gasteiger charge is 2.37. The Kier molecular flexibility index (Phi) is 5.45. The van der Waals surface area contributed by atoms with Gasteiger partial charge in [-0.05, 0) is 23.9 Å². The molecule has 2 aliphatic heterocycles. The first kappa shape index (κ1) is 18.0. The Morgan fingerprint density at radius 1 is 1.36 bits per heavy atom. The minimum absolute atomic E-state index is 0.0688. The number of carbonyl (C=O) groups excluding carboxylic acids is 3. The van der Waals surface area contributed by atoms with Crippen molar-refractivity contribution in [3.05, 3.63) is 40.6 Å². The van der Waals surface area contributed by atoms with Gasteiger partial charge in [-0.25, -0.2) is 4.39 Å². The van der Waals surface area contributed by atoms with E-state index in [9.17, 15) is 23.9 Å². The van der Waals surface area contributed by atoms with Crippen LogP contribution in [-0.2, 0) is 9.59 Å². The zero-order valence-corrected chi connectivity index (χ0v) is 14.6. The Labute approximate surface area is 151 Å². The summed E-state index contributed by atoms with van der Waals surface area (Å²) >= 11 is 2.19. The van der Waals surface area contributed by atoms with Gasteiger partial charge in [0.15, 0.2) is 0 Å². The fraction of sp³-hybridized carbons (Fsp3) is 0.312. The molecule has 2 atom stereocenters. The van der Waals surface area contributed by atoms with E-state index in [0.29, 0.717) is 23.3 Å². The van der Waals surface area contributed by atoms with Crippen LogP contribution >= 0.6 is 23.5 Å². The zero-order valence-electron chi connectivity index (χ0n) is 13.0. The highest BCUT2D eigenvalue weighted by Crippen LogP contribution is 2.32. The van der Waals surface area contributed by atoms with Crippen LogP contribution in [0, 0.1) is 5.82 Å². The first-order valence-electron chi connectivity index (χ1n) is 7.51. The zero-order chi connectivity index (χ0) is 18.0. The first-order valence-corrected chi connectivity index (χ1v) is 9.48. The van der Waals surface area contributed by atoms with Crippen LogP contribution in [-0.4, -0.2) is 57.3 Å². The van der Waals surface area contributed by atoms with Crippen LogP contribution in [0.1, 0.15) is 5.56 Å². The lowest BCUT2D eigenvalue weighted by molar-refractivity contribution is -0.129. The van der Waals surface area contributed by atoms with Gasteiger partial charge in [-0.1, -0.05) is 18.2 Å². The molecule has 3 amide bonds. The van der Waals surface area contributed by atoms with Crippen LogP contribution in [0.2, 0.25) is 0 Å². The number of hydrogen-bond acceptors (Lipinski definition) is 6. The summed E-state index contributed by atoms with van der Waals surface area (Å²) in [6, 6.07) is 5.52. The van der Waals surface area contributed by atoms with Crippen LogP contribution in [0.4, 0.5) is 9.18 Å². The molecule has 0 bridgehead atoms. The van der Waals surface area contributed by atoms with E-state index >= 15 is 0 Å². The molecule has 3 rings (SSSR count). The van der Waals surface area contributed by atoms with Crippen molar-refractivity contribution in [2.24, 2.45) is 0 Å². The van der Waals surface area contributed by atoms with Gasteiger partial charge in [-0.3, -0.25) is 19.3 Å². The smallest absolute Gasteiger partial charge is 0.294 e. The Balaban J connectivity index is 1.67. The molecule has 2 saturated heterocycles. The van der Waals surface area contributed by atoms with Crippen molar-refractivity contribution < 1.29 is 23.9 Å². The molecular formula is C16H15FN2O4S2. The summed E-state index contributed by atoms with van der Waals surface area (Å²) in [7, 11) is 0. The molecule has 1 aromatic carbocycles. The standard InChI is InChI=1S/C16H15FN2O4S2/c17-10-4-2-1-3-9(10)5-13-15(22)19(16(23)25-13)6-14(21)18-11-7-24-8-12(11)20/h1-5,11-12,20H,6-8H2,(H,18,21)/b13-5-/t11-,12-/m1/s1. The number of imide groups is 1. The molecule has 0 unspecified atom stereocenters. The number of nitrogens with zero attached hydrogens (tertiary/aromatic N) is 1. The van der Waals surface area contributed by atoms with Gasteiger partial charge in [0.1, 0.15) is 12.4 Å². The van der Waals surface area contributed by atoms with E-state index < -0.39 is 35.5 Å². The predicted octanol–water partition coefficient (Wildman–Crippen LogP) is 1.45. The monoisotopic (exact) mass is 382 g/mol. The number of aliphatic hydroxyl groups is 1. The molecule has 132 valence electrons. The molecule has 0 aliphatic carbocycles. The van der Waals surface area contributed by atoms with Crippen molar-refractivity contribution in [3.63, 3.8) is 0 Å². The molecule has 1 aromatic rings. The van der Waals surface area contributed by atoms with Crippen LogP contribution in [0.25, 0.3) is 6.08 Å². The van der Waals surface area contributed by atoms with Crippen LogP contribution in [0.15, 0.2) is 29.2 Å². The third-order valence-electron chi connectivity index (χ3n) is 3.76. The largest absolute Gasteiger partial charge is 0.390 e. The molecule has 9 heteroatoms. The number of hydrogen-bond donors (Lipinski definition) is 2. The molecular weight excluding hydrogens is 367 g/mol. The Hall–Kier alpha value is -1.84. The van der Waals surface area contributed by atoms with E-state index in [-0.39, 0.29) is 16.5 Å². The van der Waals surface area contributed by atoms with Crippen molar-refractivity contribution in [3.8, 4) is 0 Å². The van der Waals surface area contributed by atoms with Gasteiger partial charge in [0.05, 0.1) is 17.1 Å². The molecule has 2 N–H and O–H groups in total. The molecule has 0 saturated carbocycles. The lowest BCUT2D eigenvalue weighted by Gasteiger charge is -2.18. The number of benzene rings is 1. The molecule has 2 heterocycles. The van der Waals surface area contributed by atoms with E-state index in [1.54, 1.807) is 6.07 Å². The van der Waals surface area contributed by atoms with Gasteiger partial charge in [-0.2, -0.15) is 11.8 Å². The minimum atomic E-state index is -0.634. The summed E-state index contributed by atoms with van der Waals surface area (Å²) in [4.78, 5) is 37.3. The second kappa shape index (κ2) is 7.59. The quantitative estimate of drug-likeness (QED) is 0.767. The normalized spacial score (nSPS) is 25.0. The summed E-state index contributed by atoms with van der Waals surface area (Å²) in [6.45, 7) is -0.423. The second-order valence-corrected chi connectivity index (χ2v) is 7.64. The lowest BCUT2D eigenvalue weighted by atomic mass is 10.2. The molecule has 2 aliphatic rings. The molecule has 0 spiro atoms. The number of rotatable bonds is 4.